The number of aromatic hydroxyl groups is 1. The topological polar surface area (TPSA) is 80.0 Å². The van der Waals surface area contributed by atoms with E-state index in [-0.39, 0.29) is 11.3 Å². The second-order valence-electron chi connectivity index (χ2n) is 5.68. The van der Waals surface area contributed by atoms with E-state index in [1.165, 1.54) is 7.05 Å². The van der Waals surface area contributed by atoms with Crippen LogP contribution in [0.3, 0.4) is 0 Å². The summed E-state index contributed by atoms with van der Waals surface area (Å²) in [5.41, 5.74) is -1.91. The molecule has 2 heterocycles. The Labute approximate surface area is 168 Å². The number of anilines is 1. The molecule has 0 spiro atoms. The van der Waals surface area contributed by atoms with E-state index in [0.29, 0.717) is 0 Å². The van der Waals surface area contributed by atoms with Crippen molar-refractivity contribution in [2.24, 2.45) is 7.05 Å². The molecule has 2 N–H and O–H groups in total. The van der Waals surface area contributed by atoms with Gasteiger partial charge in [-0.25, -0.2) is 13.8 Å². The van der Waals surface area contributed by atoms with E-state index in [0.717, 1.165) is 41.2 Å². The summed E-state index contributed by atoms with van der Waals surface area (Å²) in [4.78, 5) is 15.8. The van der Waals surface area contributed by atoms with Crippen LogP contribution < -0.4 is 5.32 Å². The maximum atomic E-state index is 13.6. The second kappa shape index (κ2) is 8.89. The van der Waals surface area contributed by atoms with Crippen molar-refractivity contribution in [3.8, 4) is 17.0 Å². The van der Waals surface area contributed by atoms with Gasteiger partial charge in [-0.05, 0) is 24.3 Å². The number of hydrogen-bond acceptors (Lipinski definition) is 4. The number of rotatable bonds is 3. The largest absolute Gasteiger partial charge is 0.504 e. The van der Waals surface area contributed by atoms with Crippen molar-refractivity contribution in [3.63, 3.8) is 0 Å². The van der Waals surface area contributed by atoms with Crippen molar-refractivity contribution >= 4 is 11.7 Å². The third-order valence-electron chi connectivity index (χ3n) is 3.76. The lowest BCUT2D eigenvalue weighted by Gasteiger charge is -2.09. The molecule has 0 atom stereocenters. The Hall–Kier alpha value is -3.50. The molecule has 3 rings (SSSR count). The van der Waals surface area contributed by atoms with E-state index in [2.05, 4.69) is 10.1 Å². The number of hydrogen-bond donors (Lipinski definition) is 2. The minimum atomic E-state index is -4.65. The number of aromatic nitrogens is 3. The lowest BCUT2D eigenvalue weighted by Crippen LogP contribution is -2.16. The van der Waals surface area contributed by atoms with Crippen LogP contribution in [0.25, 0.3) is 11.3 Å². The highest BCUT2D eigenvalue weighted by Gasteiger charge is 2.34. The highest BCUT2D eigenvalue weighted by molar-refractivity contribution is 6.04. The highest BCUT2D eigenvalue weighted by atomic mass is 19.4. The van der Waals surface area contributed by atoms with Gasteiger partial charge in [0.1, 0.15) is 17.2 Å². The van der Waals surface area contributed by atoms with Crippen LogP contribution in [0, 0.1) is 11.6 Å². The molecule has 0 aliphatic heterocycles. The zero-order valence-electron chi connectivity index (χ0n) is 16.1. The van der Waals surface area contributed by atoms with Gasteiger partial charge < -0.3 is 10.4 Å². The van der Waals surface area contributed by atoms with E-state index >= 15 is 0 Å². The zero-order chi connectivity index (χ0) is 22.6. The molecule has 0 aliphatic rings. The van der Waals surface area contributed by atoms with Crippen molar-refractivity contribution in [3.05, 3.63) is 59.4 Å². The number of halogens is 5. The number of carbonyl (C=O) groups is 1. The van der Waals surface area contributed by atoms with Crippen molar-refractivity contribution in [1.29, 1.82) is 0 Å². The van der Waals surface area contributed by atoms with E-state index < -0.39 is 46.5 Å². The number of benzene rings is 1. The summed E-state index contributed by atoms with van der Waals surface area (Å²) in [5.74, 6) is -4.44. The van der Waals surface area contributed by atoms with Crippen LogP contribution in [0.4, 0.5) is 27.8 Å². The summed E-state index contributed by atoms with van der Waals surface area (Å²) in [6.45, 7) is 4.00. The number of nitrogens with one attached hydrogen (secondary N) is 1. The Morgan fingerprint density at radius 1 is 1.13 bits per heavy atom. The van der Waals surface area contributed by atoms with Gasteiger partial charge in [0.15, 0.2) is 17.3 Å². The third-order valence-corrected chi connectivity index (χ3v) is 3.76. The van der Waals surface area contributed by atoms with E-state index in [1.54, 1.807) is 0 Å². The minimum Gasteiger partial charge on any atom is -0.504 e. The molecule has 0 aliphatic carbocycles. The molecule has 0 saturated carbocycles. The predicted molar refractivity (Wildman–Crippen MR) is 98.8 cm³/mol. The molecular weight excluding hydrogens is 411 g/mol. The van der Waals surface area contributed by atoms with Gasteiger partial charge in [0, 0.05) is 18.8 Å². The molecule has 11 heteroatoms. The van der Waals surface area contributed by atoms with Crippen LogP contribution >= 0.6 is 0 Å². The first-order valence-corrected chi connectivity index (χ1v) is 8.64. The number of aryl methyl sites for hydroxylation is 1. The summed E-state index contributed by atoms with van der Waals surface area (Å²) in [7, 11) is 1.28. The number of pyridine rings is 1. The molecule has 2 aromatic heterocycles. The smallest absolute Gasteiger partial charge is 0.435 e. The van der Waals surface area contributed by atoms with Crippen molar-refractivity contribution in [1.82, 2.24) is 14.8 Å². The quantitative estimate of drug-likeness (QED) is 0.590. The number of alkyl halides is 3. The average Bonchev–Trinajstić information content (AvgIpc) is 3.07. The number of carbonyl (C=O) groups excluding carboxylic acids is 1. The normalized spacial score (nSPS) is 10.9. The molecule has 0 saturated heterocycles. The molecule has 30 heavy (non-hydrogen) atoms. The lowest BCUT2D eigenvalue weighted by atomic mass is 10.1. The van der Waals surface area contributed by atoms with Gasteiger partial charge >= 0.3 is 6.18 Å². The molecule has 0 fully saturated rings. The van der Waals surface area contributed by atoms with Crippen molar-refractivity contribution in [2.75, 3.05) is 5.32 Å². The van der Waals surface area contributed by atoms with E-state index in [1.807, 2.05) is 19.2 Å². The van der Waals surface area contributed by atoms with Crippen molar-refractivity contribution < 1.29 is 31.9 Å². The summed E-state index contributed by atoms with van der Waals surface area (Å²) in [5, 5.41) is 15.4. The first-order valence-electron chi connectivity index (χ1n) is 8.64. The molecular formula is C19H17F5N4O2. The minimum absolute atomic E-state index is 0.00755. The Kier molecular flexibility index (Phi) is 6.75. The highest BCUT2D eigenvalue weighted by Crippen LogP contribution is 2.33. The monoisotopic (exact) mass is 428 g/mol. The average molecular weight is 428 g/mol. The molecule has 160 valence electrons. The van der Waals surface area contributed by atoms with Gasteiger partial charge in [-0.1, -0.05) is 19.9 Å². The summed E-state index contributed by atoms with van der Waals surface area (Å²) >= 11 is 0. The molecule has 0 bridgehead atoms. The molecule has 0 radical (unpaired) electrons. The second-order valence-corrected chi connectivity index (χ2v) is 5.68. The number of amides is 1. The fraction of sp³-hybridized carbons (Fsp3) is 0.211. The fourth-order valence-corrected chi connectivity index (χ4v) is 2.45. The summed E-state index contributed by atoms with van der Waals surface area (Å²) in [6, 6.07) is 4.65. The first-order chi connectivity index (χ1) is 14.1. The first kappa shape index (κ1) is 22.8. The third kappa shape index (κ3) is 4.73. The molecule has 1 aromatic carbocycles. The number of nitrogens with zero attached hydrogens (tertiary/aromatic N) is 3. The Balaban J connectivity index is 0.00000155. The Bertz CT molecular complexity index is 1040. The van der Waals surface area contributed by atoms with Crippen LogP contribution in [-0.2, 0) is 13.2 Å². The van der Waals surface area contributed by atoms with Gasteiger partial charge in [-0.3, -0.25) is 9.48 Å². The van der Waals surface area contributed by atoms with Gasteiger partial charge in [0.05, 0.1) is 5.69 Å². The molecule has 1 amide bonds. The van der Waals surface area contributed by atoms with Crippen LogP contribution in [0.15, 0.2) is 36.5 Å². The molecule has 0 unspecified atom stereocenters. The maximum absolute atomic E-state index is 13.6. The summed E-state index contributed by atoms with van der Waals surface area (Å²) < 4.78 is 66.5. The Morgan fingerprint density at radius 3 is 2.23 bits per heavy atom. The van der Waals surface area contributed by atoms with Crippen LogP contribution in [0.2, 0.25) is 0 Å². The SMILES string of the molecule is CC.Cn1nc(C(F)(F)F)cc1-c1cnc(NC(=O)c2c(F)cccc2F)c(O)c1. The van der Waals surface area contributed by atoms with Crippen LogP contribution in [0.5, 0.6) is 5.75 Å². The fourth-order valence-electron chi connectivity index (χ4n) is 2.45. The van der Waals surface area contributed by atoms with E-state index in [9.17, 15) is 31.9 Å². The lowest BCUT2D eigenvalue weighted by molar-refractivity contribution is -0.141. The predicted octanol–water partition coefficient (Wildman–Crippen LogP) is 4.76. The standard InChI is InChI=1S/C17H11F5N4O2.C2H6/c1-26-11(6-13(25-26)17(20,21)22)8-5-12(27)15(23-7-8)24-16(28)14-9(18)3-2-4-10(14)19;1-2/h2-7,27H,1H3,(H,23,24,28);1-2H3. The summed E-state index contributed by atoms with van der Waals surface area (Å²) in [6.07, 6.45) is -3.58. The van der Waals surface area contributed by atoms with Gasteiger partial charge in [0.25, 0.3) is 5.91 Å². The van der Waals surface area contributed by atoms with Gasteiger partial charge in [0.2, 0.25) is 0 Å². The maximum Gasteiger partial charge on any atom is 0.435 e. The van der Waals surface area contributed by atoms with Crippen LogP contribution in [-0.4, -0.2) is 25.8 Å². The Morgan fingerprint density at radius 2 is 1.73 bits per heavy atom. The van der Waals surface area contributed by atoms with Crippen LogP contribution in [0.1, 0.15) is 29.9 Å². The van der Waals surface area contributed by atoms with E-state index in [4.69, 9.17) is 0 Å². The molecule has 3 aromatic rings. The van der Waals surface area contributed by atoms with Gasteiger partial charge in [-0.15, -0.1) is 0 Å². The van der Waals surface area contributed by atoms with Crippen molar-refractivity contribution in [2.45, 2.75) is 20.0 Å². The van der Waals surface area contributed by atoms with Gasteiger partial charge in [-0.2, -0.15) is 18.3 Å². The zero-order valence-corrected chi connectivity index (χ0v) is 16.1. The molecule has 6 nitrogen and oxygen atoms in total.